The summed E-state index contributed by atoms with van der Waals surface area (Å²) in [7, 11) is -7.84. The molecule has 4 N–H and O–H groups in total. The van der Waals surface area contributed by atoms with Crippen LogP contribution in [0.15, 0.2) is 57.6 Å². The smallest absolute Gasteiger partial charge is 0.239 e. The SMILES string of the molecule is [C-]#[N+]c1cc(S(=O)(=O)NC2CC(C)(C)N([O-])C(C)(C)C2)ccc1N=Nc1cc(NC(=O)CC)c(O)c2cccc(NS(C)(=O)=O)c12. The third-order valence-corrected chi connectivity index (χ3v) is 9.67. The molecule has 1 saturated heterocycles. The highest BCUT2D eigenvalue weighted by atomic mass is 32.2. The molecule has 0 aliphatic carbocycles. The Morgan fingerprint density at radius 3 is 2.26 bits per heavy atom. The number of piperidine rings is 1. The van der Waals surface area contributed by atoms with Crippen LogP contribution in [0.4, 0.5) is 28.4 Å². The zero-order valence-corrected chi connectivity index (χ0v) is 27.9. The largest absolute Gasteiger partial charge is 0.784 e. The fourth-order valence-electron chi connectivity index (χ4n) is 5.73. The van der Waals surface area contributed by atoms with Crippen molar-refractivity contribution < 1.29 is 26.7 Å². The van der Waals surface area contributed by atoms with Gasteiger partial charge in [0.05, 0.1) is 40.5 Å². The minimum atomic E-state index is -4.09. The van der Waals surface area contributed by atoms with Gasteiger partial charge in [0.15, 0.2) is 0 Å². The van der Waals surface area contributed by atoms with Crippen molar-refractivity contribution in [2.45, 2.75) is 75.9 Å². The average Bonchev–Trinajstić information content (AvgIpc) is 2.95. The number of nitrogens with one attached hydrogen (secondary N) is 3. The summed E-state index contributed by atoms with van der Waals surface area (Å²) in [5.41, 5.74) is -1.55. The summed E-state index contributed by atoms with van der Waals surface area (Å²) in [6.45, 7) is 16.4. The number of sulfonamides is 2. The van der Waals surface area contributed by atoms with E-state index in [1.165, 1.54) is 42.5 Å². The monoisotopic (exact) mass is 670 g/mol. The Hall–Kier alpha value is -4.14. The average molecular weight is 671 g/mol. The molecule has 1 heterocycles. The molecule has 0 spiro atoms. The Morgan fingerprint density at radius 2 is 1.67 bits per heavy atom. The maximum atomic E-state index is 13.4. The minimum absolute atomic E-state index is 0.0110. The van der Waals surface area contributed by atoms with Crippen molar-refractivity contribution in [1.29, 1.82) is 0 Å². The molecule has 46 heavy (non-hydrogen) atoms. The fraction of sp³-hybridized carbons (Fsp3) is 0.400. The van der Waals surface area contributed by atoms with Crippen molar-refractivity contribution in [3.63, 3.8) is 0 Å². The number of azo groups is 1. The first-order valence-corrected chi connectivity index (χ1v) is 17.6. The number of fused-ring (bicyclic) bond motifs is 1. The van der Waals surface area contributed by atoms with Crippen LogP contribution in [0.25, 0.3) is 15.6 Å². The number of rotatable bonds is 9. The highest BCUT2D eigenvalue weighted by molar-refractivity contribution is 7.92. The summed E-state index contributed by atoms with van der Waals surface area (Å²) in [4.78, 5) is 15.4. The number of carbonyl (C=O) groups excluding carboxylic acids is 1. The Kier molecular flexibility index (Phi) is 9.49. The van der Waals surface area contributed by atoms with Gasteiger partial charge in [-0.3, -0.25) is 9.52 Å². The van der Waals surface area contributed by atoms with Crippen molar-refractivity contribution in [2.24, 2.45) is 10.2 Å². The molecule has 1 fully saturated rings. The van der Waals surface area contributed by atoms with Crippen molar-refractivity contribution in [1.82, 2.24) is 9.79 Å². The fourth-order valence-corrected chi connectivity index (χ4v) is 7.56. The molecular weight excluding hydrogens is 635 g/mol. The van der Waals surface area contributed by atoms with E-state index in [2.05, 4.69) is 29.8 Å². The van der Waals surface area contributed by atoms with Gasteiger partial charge in [0.25, 0.3) is 0 Å². The lowest BCUT2D eigenvalue weighted by Crippen LogP contribution is -2.61. The molecule has 0 unspecified atom stereocenters. The lowest BCUT2D eigenvalue weighted by molar-refractivity contribution is -0.115. The van der Waals surface area contributed by atoms with Crippen LogP contribution in [0, 0.1) is 11.8 Å². The first kappa shape index (κ1) is 34.7. The standard InChI is InChI=1S/C30H36N7O7S2/c1-8-26(38)32-25-15-24(27-20(28(25)39)10-9-11-22(27)36-45(7,41)42)34-33-21-13-12-19(14-23(21)31-6)46(43,44)35-18-16-29(2,3)37(40)30(4,5)17-18/h9-15,18,35-36,39H,8,16-17H2,1-5,7H3,(H,32,38)/q-1. The molecule has 0 bridgehead atoms. The molecule has 1 aliphatic rings. The number of phenolic OH excluding ortho intramolecular Hbond substituents is 1. The Labute approximate surface area is 268 Å². The summed E-state index contributed by atoms with van der Waals surface area (Å²) in [5.74, 6) is -0.709. The third-order valence-electron chi connectivity index (χ3n) is 7.56. The molecule has 0 radical (unpaired) electrons. The Bertz CT molecular complexity index is 1970. The molecule has 1 amide bonds. The predicted molar refractivity (Wildman–Crippen MR) is 177 cm³/mol. The minimum Gasteiger partial charge on any atom is -0.784 e. The van der Waals surface area contributed by atoms with E-state index >= 15 is 0 Å². The van der Waals surface area contributed by atoms with Crippen LogP contribution in [0.5, 0.6) is 5.75 Å². The highest BCUT2D eigenvalue weighted by Gasteiger charge is 2.41. The van der Waals surface area contributed by atoms with Crippen molar-refractivity contribution in [3.8, 4) is 5.75 Å². The van der Waals surface area contributed by atoms with Crippen LogP contribution in [0.2, 0.25) is 0 Å². The van der Waals surface area contributed by atoms with Gasteiger partial charge in [0.1, 0.15) is 5.75 Å². The van der Waals surface area contributed by atoms with Crippen LogP contribution in [-0.4, -0.2) is 56.3 Å². The number of aromatic hydroxyl groups is 1. The van der Waals surface area contributed by atoms with Crippen LogP contribution in [0.1, 0.15) is 53.9 Å². The molecule has 0 saturated carbocycles. The number of benzene rings is 3. The lowest BCUT2D eigenvalue weighted by atomic mass is 9.79. The van der Waals surface area contributed by atoms with Gasteiger partial charge >= 0.3 is 0 Å². The number of amides is 1. The summed E-state index contributed by atoms with van der Waals surface area (Å²) < 4.78 is 56.0. The zero-order valence-electron chi connectivity index (χ0n) is 26.2. The molecule has 1 aliphatic heterocycles. The third kappa shape index (κ3) is 7.45. The van der Waals surface area contributed by atoms with Gasteiger partial charge in [-0.05, 0) is 70.9 Å². The van der Waals surface area contributed by atoms with E-state index < -0.39 is 43.1 Å². The van der Waals surface area contributed by atoms with Crippen LogP contribution < -0.4 is 14.8 Å². The van der Waals surface area contributed by atoms with Gasteiger partial charge in [-0.2, -0.15) is 10.2 Å². The van der Waals surface area contributed by atoms with E-state index in [1.54, 1.807) is 34.6 Å². The quantitative estimate of drug-likeness (QED) is 0.120. The van der Waals surface area contributed by atoms with Crippen molar-refractivity contribution in [3.05, 3.63) is 59.1 Å². The highest BCUT2D eigenvalue weighted by Crippen LogP contribution is 2.44. The molecule has 4 rings (SSSR count). The number of phenols is 1. The van der Waals surface area contributed by atoms with Gasteiger partial charge in [-0.15, -0.1) is 0 Å². The topological polar surface area (TPSA) is 197 Å². The maximum absolute atomic E-state index is 13.4. The van der Waals surface area contributed by atoms with Gasteiger partial charge in [0, 0.05) is 34.3 Å². The van der Waals surface area contributed by atoms with Crippen molar-refractivity contribution >= 4 is 65.2 Å². The molecule has 0 aromatic heterocycles. The molecule has 14 nitrogen and oxygen atoms in total. The molecule has 3 aromatic carbocycles. The normalized spacial score (nSPS) is 17.2. The van der Waals surface area contributed by atoms with E-state index in [0.29, 0.717) is 12.8 Å². The first-order chi connectivity index (χ1) is 21.3. The summed E-state index contributed by atoms with van der Waals surface area (Å²) in [6.07, 6.45) is 1.66. The number of anilines is 2. The van der Waals surface area contributed by atoms with E-state index in [0.717, 1.165) is 11.3 Å². The predicted octanol–water partition coefficient (Wildman–Crippen LogP) is 6.03. The van der Waals surface area contributed by atoms with E-state index in [9.17, 15) is 31.9 Å². The second kappa shape index (κ2) is 12.6. The van der Waals surface area contributed by atoms with E-state index in [1.807, 2.05) is 0 Å². The zero-order chi connectivity index (χ0) is 34.2. The first-order valence-electron chi connectivity index (χ1n) is 14.3. The Balaban J connectivity index is 1.74. The molecule has 3 aromatic rings. The van der Waals surface area contributed by atoms with Crippen molar-refractivity contribution in [2.75, 3.05) is 16.3 Å². The van der Waals surface area contributed by atoms with Gasteiger partial charge in [0.2, 0.25) is 31.6 Å². The van der Waals surface area contributed by atoms with Gasteiger partial charge in [-0.1, -0.05) is 19.1 Å². The van der Waals surface area contributed by atoms with Gasteiger partial charge < -0.3 is 20.7 Å². The maximum Gasteiger partial charge on any atom is 0.239 e. The summed E-state index contributed by atoms with van der Waals surface area (Å²) in [5, 5.41) is 36.0. The molecule has 16 heteroatoms. The molecule has 0 atom stereocenters. The van der Waals surface area contributed by atoms with E-state index in [-0.39, 0.29) is 56.3 Å². The van der Waals surface area contributed by atoms with E-state index in [4.69, 9.17) is 6.57 Å². The number of hydroxylamine groups is 2. The lowest BCUT2D eigenvalue weighted by Gasteiger charge is -2.59. The van der Waals surface area contributed by atoms with Crippen LogP contribution in [-0.2, 0) is 24.8 Å². The number of hydrogen-bond donors (Lipinski definition) is 4. The molecular formula is C30H36N7O7S2-. The van der Waals surface area contributed by atoms with Crippen LogP contribution >= 0.6 is 0 Å². The summed E-state index contributed by atoms with van der Waals surface area (Å²) in [6, 6.07) is 9.06. The van der Waals surface area contributed by atoms with Gasteiger partial charge in [-0.25, -0.2) is 26.4 Å². The number of carbonyl (C=O) groups is 1. The number of nitrogens with zero attached hydrogens (tertiary/aromatic N) is 4. The summed E-state index contributed by atoms with van der Waals surface area (Å²) >= 11 is 0. The van der Waals surface area contributed by atoms with Crippen LogP contribution in [0.3, 0.4) is 0 Å². The molecule has 246 valence electrons. The Morgan fingerprint density at radius 1 is 1.04 bits per heavy atom. The second-order valence-corrected chi connectivity index (χ2v) is 15.9. The number of hydrogen-bond acceptors (Lipinski definition) is 10. The second-order valence-electron chi connectivity index (χ2n) is 12.4.